The molecule has 0 saturated carbocycles. The molecule has 0 unspecified atom stereocenters. The number of rotatable bonds is 6. The number of aryl methyl sites for hydroxylation is 2. The third kappa shape index (κ3) is 4.83. The van der Waals surface area contributed by atoms with Crippen molar-refractivity contribution in [1.29, 1.82) is 0 Å². The second kappa shape index (κ2) is 8.50. The van der Waals surface area contributed by atoms with Gasteiger partial charge in [-0.2, -0.15) is 0 Å². The fourth-order valence-corrected chi connectivity index (χ4v) is 4.00. The molecule has 2 heterocycles. The summed E-state index contributed by atoms with van der Waals surface area (Å²) < 4.78 is 5.32. The Labute approximate surface area is 154 Å². The number of amides is 1. The third-order valence-corrected chi connectivity index (χ3v) is 5.69. The number of benzene rings is 1. The van der Waals surface area contributed by atoms with Crippen molar-refractivity contribution in [1.82, 2.24) is 9.80 Å². The second-order valence-corrected chi connectivity index (χ2v) is 7.57. The van der Waals surface area contributed by atoms with Crippen molar-refractivity contribution < 1.29 is 9.53 Å². The van der Waals surface area contributed by atoms with Crippen LogP contribution >= 0.6 is 11.3 Å². The van der Waals surface area contributed by atoms with Crippen LogP contribution in [0.2, 0.25) is 0 Å². The molecule has 5 heteroatoms. The number of hydrogen-bond acceptors (Lipinski definition) is 4. The number of piperazine rings is 1. The SMILES string of the molecule is COc1ccc(CN2CCN(C(=O)CCc3cccs3)CC2)cc1C. The van der Waals surface area contributed by atoms with Crippen LogP contribution in [0.25, 0.3) is 0 Å². The van der Waals surface area contributed by atoms with E-state index >= 15 is 0 Å². The molecule has 0 radical (unpaired) electrons. The Morgan fingerprint density at radius 3 is 2.64 bits per heavy atom. The zero-order valence-corrected chi connectivity index (χ0v) is 15.8. The highest BCUT2D eigenvalue weighted by Crippen LogP contribution is 2.20. The molecule has 0 spiro atoms. The average molecular weight is 359 g/mol. The minimum Gasteiger partial charge on any atom is -0.496 e. The highest BCUT2D eigenvalue weighted by atomic mass is 32.1. The average Bonchev–Trinajstić information content (AvgIpc) is 3.14. The van der Waals surface area contributed by atoms with E-state index in [1.807, 2.05) is 17.0 Å². The molecule has 1 aromatic heterocycles. The minimum atomic E-state index is 0.286. The molecule has 0 aliphatic carbocycles. The maximum atomic E-state index is 12.4. The van der Waals surface area contributed by atoms with E-state index in [1.165, 1.54) is 16.0 Å². The van der Waals surface area contributed by atoms with Gasteiger partial charge in [-0.25, -0.2) is 0 Å². The number of thiophene rings is 1. The van der Waals surface area contributed by atoms with E-state index in [9.17, 15) is 4.79 Å². The van der Waals surface area contributed by atoms with E-state index in [0.29, 0.717) is 6.42 Å². The number of carbonyl (C=O) groups is 1. The maximum absolute atomic E-state index is 12.4. The van der Waals surface area contributed by atoms with E-state index in [4.69, 9.17) is 4.74 Å². The van der Waals surface area contributed by atoms with Crippen LogP contribution in [-0.2, 0) is 17.8 Å². The molecule has 1 aliphatic heterocycles. The van der Waals surface area contributed by atoms with E-state index in [2.05, 4.69) is 35.4 Å². The van der Waals surface area contributed by atoms with Crippen LogP contribution < -0.4 is 4.74 Å². The Morgan fingerprint density at radius 1 is 1.20 bits per heavy atom. The van der Waals surface area contributed by atoms with Gasteiger partial charge in [0.2, 0.25) is 5.91 Å². The smallest absolute Gasteiger partial charge is 0.223 e. The van der Waals surface area contributed by atoms with Gasteiger partial charge in [0.05, 0.1) is 7.11 Å². The summed E-state index contributed by atoms with van der Waals surface area (Å²) in [6, 6.07) is 10.5. The van der Waals surface area contributed by atoms with Gasteiger partial charge in [0, 0.05) is 44.0 Å². The first-order valence-corrected chi connectivity index (χ1v) is 9.69. The normalized spacial score (nSPS) is 15.4. The number of hydrogen-bond donors (Lipinski definition) is 0. The van der Waals surface area contributed by atoms with Gasteiger partial charge < -0.3 is 9.64 Å². The monoisotopic (exact) mass is 358 g/mol. The highest BCUT2D eigenvalue weighted by Gasteiger charge is 2.21. The largest absolute Gasteiger partial charge is 0.496 e. The molecule has 1 saturated heterocycles. The zero-order valence-electron chi connectivity index (χ0n) is 15.0. The quantitative estimate of drug-likeness (QED) is 0.794. The number of ether oxygens (including phenoxy) is 1. The molecule has 3 rings (SSSR count). The van der Waals surface area contributed by atoms with Crippen LogP contribution in [0, 0.1) is 6.92 Å². The van der Waals surface area contributed by atoms with Crippen molar-refractivity contribution in [2.24, 2.45) is 0 Å². The van der Waals surface area contributed by atoms with Gasteiger partial charge in [-0.3, -0.25) is 9.69 Å². The Balaban J connectivity index is 1.45. The lowest BCUT2D eigenvalue weighted by atomic mass is 10.1. The Bertz CT molecular complexity index is 692. The summed E-state index contributed by atoms with van der Waals surface area (Å²) in [6.45, 7) is 6.55. The Morgan fingerprint density at radius 2 is 2.00 bits per heavy atom. The van der Waals surface area contributed by atoms with E-state index < -0.39 is 0 Å². The van der Waals surface area contributed by atoms with Gasteiger partial charge in [0.15, 0.2) is 0 Å². The van der Waals surface area contributed by atoms with Crippen molar-refractivity contribution >= 4 is 17.2 Å². The number of carbonyl (C=O) groups excluding carboxylic acids is 1. The highest BCUT2D eigenvalue weighted by molar-refractivity contribution is 7.09. The molecule has 1 fully saturated rings. The van der Waals surface area contributed by atoms with Crippen LogP contribution in [0.5, 0.6) is 5.75 Å². The Hall–Kier alpha value is -1.85. The standard InChI is InChI=1S/C20H26N2O2S/c1-16-14-17(5-7-19(16)24-2)15-21-9-11-22(12-10-21)20(23)8-6-18-4-3-13-25-18/h3-5,7,13-14H,6,8-12,15H2,1-2H3. The third-order valence-electron chi connectivity index (χ3n) is 4.76. The van der Waals surface area contributed by atoms with Gasteiger partial charge in [-0.1, -0.05) is 18.2 Å². The molecular formula is C20H26N2O2S. The van der Waals surface area contributed by atoms with E-state index in [0.717, 1.165) is 44.9 Å². The fraction of sp³-hybridized carbons (Fsp3) is 0.450. The van der Waals surface area contributed by atoms with Crippen LogP contribution in [0.4, 0.5) is 0 Å². The molecule has 25 heavy (non-hydrogen) atoms. The molecule has 0 atom stereocenters. The van der Waals surface area contributed by atoms with Gasteiger partial charge >= 0.3 is 0 Å². The van der Waals surface area contributed by atoms with Crippen LogP contribution in [0.3, 0.4) is 0 Å². The first-order valence-electron chi connectivity index (χ1n) is 8.82. The van der Waals surface area contributed by atoms with Crippen LogP contribution in [-0.4, -0.2) is 49.0 Å². The molecular weight excluding hydrogens is 332 g/mol. The summed E-state index contributed by atoms with van der Waals surface area (Å²) in [5.41, 5.74) is 2.47. The second-order valence-electron chi connectivity index (χ2n) is 6.54. The van der Waals surface area contributed by atoms with Crippen molar-refractivity contribution in [3.05, 3.63) is 51.7 Å². The van der Waals surface area contributed by atoms with Gasteiger partial charge in [0.25, 0.3) is 0 Å². The first-order chi connectivity index (χ1) is 12.2. The minimum absolute atomic E-state index is 0.286. The van der Waals surface area contributed by atoms with Crippen LogP contribution in [0.1, 0.15) is 22.4 Å². The van der Waals surface area contributed by atoms with Gasteiger partial charge in [-0.15, -0.1) is 11.3 Å². The number of methoxy groups -OCH3 is 1. The van der Waals surface area contributed by atoms with Crippen molar-refractivity contribution in [2.75, 3.05) is 33.3 Å². The van der Waals surface area contributed by atoms with Gasteiger partial charge in [0.1, 0.15) is 5.75 Å². The zero-order chi connectivity index (χ0) is 17.6. The molecule has 134 valence electrons. The topological polar surface area (TPSA) is 32.8 Å². The van der Waals surface area contributed by atoms with Crippen LogP contribution in [0.15, 0.2) is 35.7 Å². The lowest BCUT2D eigenvalue weighted by Gasteiger charge is -2.35. The molecule has 1 aromatic carbocycles. The first kappa shape index (κ1) is 18.0. The van der Waals surface area contributed by atoms with Crippen molar-refractivity contribution in [3.8, 4) is 5.75 Å². The lowest BCUT2D eigenvalue weighted by Crippen LogP contribution is -2.48. The predicted octanol–water partition coefficient (Wildman–Crippen LogP) is 3.34. The predicted molar refractivity (Wildman–Crippen MR) is 102 cm³/mol. The van der Waals surface area contributed by atoms with Crippen molar-refractivity contribution in [2.45, 2.75) is 26.3 Å². The molecule has 0 bridgehead atoms. The summed E-state index contributed by atoms with van der Waals surface area (Å²) in [6.07, 6.45) is 1.49. The number of nitrogens with zero attached hydrogens (tertiary/aromatic N) is 2. The van der Waals surface area contributed by atoms with Gasteiger partial charge in [-0.05, 0) is 42.0 Å². The summed E-state index contributed by atoms with van der Waals surface area (Å²) in [4.78, 5) is 18.1. The molecule has 1 aliphatic rings. The summed E-state index contributed by atoms with van der Waals surface area (Å²) in [5.74, 6) is 1.22. The molecule has 1 amide bonds. The lowest BCUT2D eigenvalue weighted by molar-refractivity contribution is -0.132. The van der Waals surface area contributed by atoms with E-state index in [1.54, 1.807) is 18.4 Å². The molecule has 2 aromatic rings. The summed E-state index contributed by atoms with van der Waals surface area (Å²) >= 11 is 1.73. The summed E-state index contributed by atoms with van der Waals surface area (Å²) in [5, 5.41) is 2.07. The fourth-order valence-electron chi connectivity index (χ4n) is 3.30. The van der Waals surface area contributed by atoms with Crippen molar-refractivity contribution in [3.63, 3.8) is 0 Å². The van der Waals surface area contributed by atoms with E-state index in [-0.39, 0.29) is 5.91 Å². The maximum Gasteiger partial charge on any atom is 0.223 e. The summed E-state index contributed by atoms with van der Waals surface area (Å²) in [7, 11) is 1.71. The molecule has 4 nitrogen and oxygen atoms in total. The Kier molecular flexibility index (Phi) is 6.10. The molecule has 0 N–H and O–H groups in total.